The summed E-state index contributed by atoms with van der Waals surface area (Å²) in [7, 11) is 0. The van der Waals surface area contributed by atoms with Gasteiger partial charge in [-0.15, -0.1) is 0 Å². The van der Waals surface area contributed by atoms with Gasteiger partial charge in [0.1, 0.15) is 5.69 Å². The fourth-order valence-corrected chi connectivity index (χ4v) is 2.39. The molecule has 0 saturated carbocycles. The Bertz CT molecular complexity index is 697. The van der Waals surface area contributed by atoms with Crippen molar-refractivity contribution in [2.24, 2.45) is 0 Å². The Balaban J connectivity index is 1.95. The van der Waals surface area contributed by atoms with Crippen molar-refractivity contribution < 1.29 is 14.7 Å². The van der Waals surface area contributed by atoms with Crippen LogP contribution in [0.25, 0.3) is 0 Å². The molecule has 0 bridgehead atoms. The van der Waals surface area contributed by atoms with Crippen molar-refractivity contribution in [1.82, 2.24) is 4.98 Å². The van der Waals surface area contributed by atoms with Crippen LogP contribution in [0, 0.1) is 0 Å². The lowest BCUT2D eigenvalue weighted by Crippen LogP contribution is -2.29. The number of anilines is 1. The van der Waals surface area contributed by atoms with Gasteiger partial charge in [-0.05, 0) is 30.2 Å². The van der Waals surface area contributed by atoms with Gasteiger partial charge in [0.15, 0.2) is 0 Å². The second-order valence-corrected chi connectivity index (χ2v) is 4.57. The quantitative estimate of drug-likeness (QED) is 0.904. The summed E-state index contributed by atoms with van der Waals surface area (Å²) in [5, 5.41) is 8.93. The Kier molecular flexibility index (Phi) is 2.95. The van der Waals surface area contributed by atoms with Crippen molar-refractivity contribution in [1.29, 1.82) is 0 Å². The summed E-state index contributed by atoms with van der Waals surface area (Å²) in [6, 6.07) is 10.6. The van der Waals surface area contributed by atoms with E-state index in [9.17, 15) is 9.59 Å². The number of nitrogens with zero attached hydrogens (tertiary/aromatic N) is 2. The van der Waals surface area contributed by atoms with E-state index in [4.69, 9.17) is 5.11 Å². The molecule has 1 N–H and O–H groups in total. The SMILES string of the molecule is O=C(O)c1cc(C(=O)N2CCc3ccccc32)ccn1. The van der Waals surface area contributed by atoms with Gasteiger partial charge in [0.05, 0.1) is 0 Å². The number of hydrogen-bond donors (Lipinski definition) is 1. The first-order valence-corrected chi connectivity index (χ1v) is 6.26. The molecular formula is C15H12N2O3. The average molecular weight is 268 g/mol. The molecule has 0 unspecified atom stereocenters. The molecule has 0 saturated heterocycles. The number of hydrogen-bond acceptors (Lipinski definition) is 3. The van der Waals surface area contributed by atoms with Gasteiger partial charge in [0, 0.05) is 24.0 Å². The van der Waals surface area contributed by atoms with Gasteiger partial charge in [-0.2, -0.15) is 0 Å². The summed E-state index contributed by atoms with van der Waals surface area (Å²) in [6.07, 6.45) is 2.16. The molecule has 20 heavy (non-hydrogen) atoms. The second-order valence-electron chi connectivity index (χ2n) is 4.57. The number of aromatic carboxylic acids is 1. The first kappa shape index (κ1) is 12.3. The van der Waals surface area contributed by atoms with Gasteiger partial charge in [0.25, 0.3) is 5.91 Å². The summed E-state index contributed by atoms with van der Waals surface area (Å²) < 4.78 is 0. The highest BCUT2D eigenvalue weighted by molar-refractivity contribution is 6.08. The molecule has 3 rings (SSSR count). The van der Waals surface area contributed by atoms with Crippen molar-refractivity contribution in [2.45, 2.75) is 6.42 Å². The number of carbonyl (C=O) groups is 2. The maximum absolute atomic E-state index is 12.5. The molecule has 0 atom stereocenters. The minimum atomic E-state index is -1.14. The maximum Gasteiger partial charge on any atom is 0.354 e. The Morgan fingerprint density at radius 1 is 1.20 bits per heavy atom. The Labute approximate surface area is 115 Å². The lowest BCUT2D eigenvalue weighted by atomic mass is 10.1. The molecule has 2 aromatic rings. The van der Waals surface area contributed by atoms with Crippen molar-refractivity contribution in [3.63, 3.8) is 0 Å². The van der Waals surface area contributed by atoms with Crippen LogP contribution in [-0.4, -0.2) is 28.5 Å². The zero-order valence-electron chi connectivity index (χ0n) is 10.6. The van der Waals surface area contributed by atoms with Crippen LogP contribution in [0.1, 0.15) is 26.4 Å². The third kappa shape index (κ3) is 2.03. The molecule has 0 spiro atoms. The molecule has 2 heterocycles. The van der Waals surface area contributed by atoms with Gasteiger partial charge in [0.2, 0.25) is 0 Å². The summed E-state index contributed by atoms with van der Waals surface area (Å²) in [6.45, 7) is 0.614. The van der Waals surface area contributed by atoms with Crippen molar-refractivity contribution >= 4 is 17.6 Å². The van der Waals surface area contributed by atoms with Gasteiger partial charge >= 0.3 is 5.97 Å². The number of carboxylic acid groups (broad SMARTS) is 1. The fraction of sp³-hybridized carbons (Fsp3) is 0.133. The standard InChI is InChI=1S/C15H12N2O3/c18-14(11-5-7-16-12(9-11)15(19)20)17-8-6-10-3-1-2-4-13(10)17/h1-5,7,9H,6,8H2,(H,19,20). The fourth-order valence-electron chi connectivity index (χ4n) is 2.39. The van der Waals surface area contributed by atoms with Crippen LogP contribution in [0.4, 0.5) is 5.69 Å². The van der Waals surface area contributed by atoms with Gasteiger partial charge in [-0.1, -0.05) is 18.2 Å². The van der Waals surface area contributed by atoms with E-state index >= 15 is 0 Å². The normalized spacial score (nSPS) is 13.1. The van der Waals surface area contributed by atoms with E-state index in [0.29, 0.717) is 12.1 Å². The summed E-state index contributed by atoms with van der Waals surface area (Å²) in [5.74, 6) is -1.33. The highest BCUT2D eigenvalue weighted by atomic mass is 16.4. The minimum Gasteiger partial charge on any atom is -0.477 e. The Morgan fingerprint density at radius 3 is 2.80 bits per heavy atom. The molecule has 1 aliphatic heterocycles. The molecule has 1 amide bonds. The van der Waals surface area contributed by atoms with Crippen LogP contribution >= 0.6 is 0 Å². The van der Waals surface area contributed by atoms with E-state index in [0.717, 1.165) is 17.7 Å². The van der Waals surface area contributed by atoms with E-state index in [1.807, 2.05) is 24.3 Å². The molecule has 0 fully saturated rings. The monoisotopic (exact) mass is 268 g/mol. The molecule has 1 aromatic carbocycles. The van der Waals surface area contributed by atoms with Gasteiger partial charge < -0.3 is 10.0 Å². The highest BCUT2D eigenvalue weighted by Gasteiger charge is 2.25. The largest absolute Gasteiger partial charge is 0.477 e. The van der Waals surface area contributed by atoms with Crippen molar-refractivity contribution in [2.75, 3.05) is 11.4 Å². The van der Waals surface area contributed by atoms with Crippen LogP contribution < -0.4 is 4.90 Å². The van der Waals surface area contributed by atoms with Crippen molar-refractivity contribution in [3.8, 4) is 0 Å². The van der Waals surface area contributed by atoms with E-state index in [1.54, 1.807) is 4.90 Å². The number of aromatic nitrogens is 1. The first-order chi connectivity index (χ1) is 9.66. The topological polar surface area (TPSA) is 70.5 Å². The maximum atomic E-state index is 12.5. The number of fused-ring (bicyclic) bond motifs is 1. The molecule has 1 aromatic heterocycles. The van der Waals surface area contributed by atoms with Crippen LogP contribution in [0.3, 0.4) is 0 Å². The second kappa shape index (κ2) is 4.77. The van der Waals surface area contributed by atoms with E-state index < -0.39 is 5.97 Å². The van der Waals surface area contributed by atoms with Crippen LogP contribution in [-0.2, 0) is 6.42 Å². The molecular weight excluding hydrogens is 256 g/mol. The van der Waals surface area contributed by atoms with Crippen LogP contribution in [0.2, 0.25) is 0 Å². The lowest BCUT2D eigenvalue weighted by molar-refractivity contribution is 0.0690. The summed E-state index contributed by atoms with van der Waals surface area (Å²) >= 11 is 0. The lowest BCUT2D eigenvalue weighted by Gasteiger charge is -2.17. The number of carboxylic acids is 1. The predicted molar refractivity (Wildman–Crippen MR) is 73.0 cm³/mol. The van der Waals surface area contributed by atoms with E-state index in [2.05, 4.69) is 4.98 Å². The zero-order chi connectivity index (χ0) is 14.1. The zero-order valence-corrected chi connectivity index (χ0v) is 10.6. The summed E-state index contributed by atoms with van der Waals surface area (Å²) in [5.41, 5.74) is 2.25. The molecule has 1 aliphatic rings. The smallest absolute Gasteiger partial charge is 0.354 e. The number of carbonyl (C=O) groups excluding carboxylic acids is 1. The molecule has 0 aliphatic carbocycles. The third-order valence-electron chi connectivity index (χ3n) is 3.36. The van der Waals surface area contributed by atoms with E-state index in [1.165, 1.54) is 18.3 Å². The number of benzene rings is 1. The first-order valence-electron chi connectivity index (χ1n) is 6.26. The molecule has 100 valence electrons. The van der Waals surface area contributed by atoms with Crippen molar-refractivity contribution in [3.05, 3.63) is 59.4 Å². The Hall–Kier alpha value is -2.69. The van der Waals surface area contributed by atoms with E-state index in [-0.39, 0.29) is 11.6 Å². The van der Waals surface area contributed by atoms with Gasteiger partial charge in [-0.25, -0.2) is 9.78 Å². The average Bonchev–Trinajstić information content (AvgIpc) is 2.90. The number of pyridine rings is 1. The predicted octanol–water partition coefficient (Wildman–Crippen LogP) is 1.98. The Morgan fingerprint density at radius 2 is 2.00 bits per heavy atom. The number of amides is 1. The summed E-state index contributed by atoms with van der Waals surface area (Å²) in [4.78, 5) is 28.8. The molecule has 5 nitrogen and oxygen atoms in total. The minimum absolute atomic E-state index is 0.122. The number of rotatable bonds is 2. The van der Waals surface area contributed by atoms with Crippen LogP contribution in [0.5, 0.6) is 0 Å². The molecule has 0 radical (unpaired) electrons. The highest BCUT2D eigenvalue weighted by Crippen LogP contribution is 2.28. The van der Waals surface area contributed by atoms with Crippen LogP contribution in [0.15, 0.2) is 42.6 Å². The molecule has 5 heteroatoms. The number of para-hydroxylation sites is 1. The van der Waals surface area contributed by atoms with Gasteiger partial charge in [-0.3, -0.25) is 4.79 Å². The third-order valence-corrected chi connectivity index (χ3v) is 3.36.